The van der Waals surface area contributed by atoms with Gasteiger partial charge in [0.1, 0.15) is 0 Å². The van der Waals surface area contributed by atoms with E-state index in [0.29, 0.717) is 13.2 Å². The maximum absolute atomic E-state index is 11.7. The van der Waals surface area contributed by atoms with Crippen molar-refractivity contribution in [1.82, 2.24) is 4.90 Å². The lowest BCUT2D eigenvalue weighted by Crippen LogP contribution is -2.31. The number of para-hydroxylation sites is 1. The number of ether oxygens (including phenoxy) is 1. The smallest absolute Gasteiger partial charge is 0.321 e. The number of carbonyl (C=O) groups excluding carboxylic acids is 1. The molecule has 0 spiro atoms. The first kappa shape index (κ1) is 12.5. The van der Waals surface area contributed by atoms with Crippen molar-refractivity contribution in [2.24, 2.45) is 0 Å². The van der Waals surface area contributed by atoms with E-state index in [0.717, 1.165) is 11.3 Å². The van der Waals surface area contributed by atoms with Gasteiger partial charge in [-0.05, 0) is 13.0 Å². The lowest BCUT2D eigenvalue weighted by Gasteiger charge is -2.17. The standard InChI is InChI=1S/C12H18N2O2/c1-4-14(2)12(15)13-11-8-6-5-7-10(11)9-16-3/h5-8H,4,9H2,1-3H3,(H,13,15). The Labute approximate surface area is 96.2 Å². The molecule has 1 aromatic rings. The summed E-state index contributed by atoms with van der Waals surface area (Å²) in [6, 6.07) is 7.51. The van der Waals surface area contributed by atoms with Crippen molar-refractivity contribution in [3.63, 3.8) is 0 Å². The normalized spacial score (nSPS) is 9.94. The summed E-state index contributed by atoms with van der Waals surface area (Å²) in [4.78, 5) is 13.3. The van der Waals surface area contributed by atoms with E-state index in [4.69, 9.17) is 4.74 Å². The number of benzene rings is 1. The van der Waals surface area contributed by atoms with E-state index in [9.17, 15) is 4.79 Å². The van der Waals surface area contributed by atoms with Gasteiger partial charge in [0.05, 0.1) is 6.61 Å². The van der Waals surface area contributed by atoms with Crippen LogP contribution in [0, 0.1) is 0 Å². The summed E-state index contributed by atoms with van der Waals surface area (Å²) in [5, 5.41) is 2.85. The van der Waals surface area contributed by atoms with E-state index < -0.39 is 0 Å². The molecular weight excluding hydrogens is 204 g/mol. The molecule has 0 heterocycles. The van der Waals surface area contributed by atoms with Gasteiger partial charge in [-0.15, -0.1) is 0 Å². The minimum Gasteiger partial charge on any atom is -0.380 e. The third-order valence-corrected chi connectivity index (χ3v) is 2.38. The predicted molar refractivity (Wildman–Crippen MR) is 64.5 cm³/mol. The van der Waals surface area contributed by atoms with Crippen LogP contribution in [0.15, 0.2) is 24.3 Å². The Morgan fingerprint density at radius 2 is 2.12 bits per heavy atom. The molecule has 4 nitrogen and oxygen atoms in total. The topological polar surface area (TPSA) is 41.6 Å². The summed E-state index contributed by atoms with van der Waals surface area (Å²) in [6.07, 6.45) is 0. The Bertz CT molecular complexity index is 353. The molecule has 0 fully saturated rings. The quantitative estimate of drug-likeness (QED) is 0.849. The van der Waals surface area contributed by atoms with Crippen LogP contribution in [-0.4, -0.2) is 31.6 Å². The minimum atomic E-state index is -0.106. The van der Waals surface area contributed by atoms with E-state index >= 15 is 0 Å². The maximum Gasteiger partial charge on any atom is 0.321 e. The number of amides is 2. The van der Waals surface area contributed by atoms with Gasteiger partial charge in [0.25, 0.3) is 0 Å². The molecule has 0 saturated carbocycles. The van der Waals surface area contributed by atoms with Crippen LogP contribution in [0.3, 0.4) is 0 Å². The molecule has 16 heavy (non-hydrogen) atoms. The first-order chi connectivity index (χ1) is 7.69. The molecule has 0 aliphatic rings. The maximum atomic E-state index is 11.7. The minimum absolute atomic E-state index is 0.106. The molecule has 0 bridgehead atoms. The first-order valence-electron chi connectivity index (χ1n) is 5.28. The number of rotatable bonds is 4. The van der Waals surface area contributed by atoms with E-state index in [2.05, 4.69) is 5.32 Å². The van der Waals surface area contributed by atoms with Crippen LogP contribution in [0.25, 0.3) is 0 Å². The average molecular weight is 222 g/mol. The lowest BCUT2D eigenvalue weighted by atomic mass is 10.2. The zero-order valence-electron chi connectivity index (χ0n) is 9.99. The number of urea groups is 1. The molecule has 1 N–H and O–H groups in total. The Balaban J connectivity index is 2.76. The van der Waals surface area contributed by atoms with Crippen LogP contribution in [0.4, 0.5) is 10.5 Å². The molecule has 0 saturated heterocycles. The van der Waals surface area contributed by atoms with E-state index in [-0.39, 0.29) is 6.03 Å². The second-order valence-corrected chi connectivity index (χ2v) is 3.53. The fourth-order valence-corrected chi connectivity index (χ4v) is 1.28. The molecule has 1 aromatic carbocycles. The summed E-state index contributed by atoms with van der Waals surface area (Å²) < 4.78 is 5.07. The average Bonchev–Trinajstić information content (AvgIpc) is 2.31. The molecule has 0 aliphatic carbocycles. The van der Waals surface area contributed by atoms with E-state index in [1.165, 1.54) is 0 Å². The van der Waals surface area contributed by atoms with Crippen LogP contribution in [-0.2, 0) is 11.3 Å². The van der Waals surface area contributed by atoms with Crippen molar-refractivity contribution >= 4 is 11.7 Å². The molecule has 88 valence electrons. The summed E-state index contributed by atoms with van der Waals surface area (Å²) in [5.41, 5.74) is 1.78. The van der Waals surface area contributed by atoms with Crippen molar-refractivity contribution in [1.29, 1.82) is 0 Å². The molecule has 0 atom stereocenters. The summed E-state index contributed by atoms with van der Waals surface area (Å²) in [5.74, 6) is 0. The Kier molecular flexibility index (Phi) is 4.79. The Morgan fingerprint density at radius 1 is 1.44 bits per heavy atom. The van der Waals surface area contributed by atoms with Gasteiger partial charge < -0.3 is 15.0 Å². The highest BCUT2D eigenvalue weighted by atomic mass is 16.5. The zero-order valence-corrected chi connectivity index (χ0v) is 9.99. The van der Waals surface area contributed by atoms with Crippen LogP contribution in [0.5, 0.6) is 0 Å². The first-order valence-corrected chi connectivity index (χ1v) is 5.28. The van der Waals surface area contributed by atoms with Gasteiger partial charge in [-0.2, -0.15) is 0 Å². The number of nitrogens with zero attached hydrogens (tertiary/aromatic N) is 1. The number of anilines is 1. The Morgan fingerprint density at radius 3 is 2.75 bits per heavy atom. The molecule has 1 rings (SSSR count). The van der Waals surface area contributed by atoms with E-state index in [1.54, 1.807) is 19.1 Å². The molecule has 0 radical (unpaired) electrons. The largest absolute Gasteiger partial charge is 0.380 e. The van der Waals surface area contributed by atoms with Gasteiger partial charge in [0, 0.05) is 32.0 Å². The molecular formula is C12H18N2O2. The number of nitrogens with one attached hydrogen (secondary N) is 1. The van der Waals surface area contributed by atoms with Crippen molar-refractivity contribution in [2.45, 2.75) is 13.5 Å². The lowest BCUT2D eigenvalue weighted by molar-refractivity contribution is 0.185. The van der Waals surface area contributed by atoms with Gasteiger partial charge in [-0.1, -0.05) is 18.2 Å². The molecule has 2 amide bonds. The highest BCUT2D eigenvalue weighted by molar-refractivity contribution is 5.89. The summed E-state index contributed by atoms with van der Waals surface area (Å²) in [7, 11) is 3.39. The predicted octanol–water partition coefficient (Wildman–Crippen LogP) is 2.32. The zero-order chi connectivity index (χ0) is 12.0. The number of hydrogen-bond donors (Lipinski definition) is 1. The summed E-state index contributed by atoms with van der Waals surface area (Å²) >= 11 is 0. The van der Waals surface area contributed by atoms with Gasteiger partial charge in [0.15, 0.2) is 0 Å². The highest BCUT2D eigenvalue weighted by Gasteiger charge is 2.08. The molecule has 4 heteroatoms. The van der Waals surface area contributed by atoms with Crippen LogP contribution >= 0.6 is 0 Å². The summed E-state index contributed by atoms with van der Waals surface area (Å²) in [6.45, 7) is 3.10. The fourth-order valence-electron chi connectivity index (χ4n) is 1.28. The van der Waals surface area contributed by atoms with Crippen molar-refractivity contribution in [3.05, 3.63) is 29.8 Å². The third-order valence-electron chi connectivity index (χ3n) is 2.38. The van der Waals surface area contributed by atoms with Crippen LogP contribution < -0.4 is 5.32 Å². The second kappa shape index (κ2) is 6.12. The monoisotopic (exact) mass is 222 g/mol. The van der Waals surface area contributed by atoms with E-state index in [1.807, 2.05) is 31.2 Å². The van der Waals surface area contributed by atoms with Gasteiger partial charge in [-0.3, -0.25) is 0 Å². The molecule has 0 aromatic heterocycles. The molecule has 0 unspecified atom stereocenters. The van der Waals surface area contributed by atoms with Crippen LogP contribution in [0.1, 0.15) is 12.5 Å². The second-order valence-electron chi connectivity index (χ2n) is 3.53. The van der Waals surface area contributed by atoms with Gasteiger partial charge in [0.2, 0.25) is 0 Å². The Hall–Kier alpha value is -1.55. The number of carbonyl (C=O) groups is 1. The third kappa shape index (κ3) is 3.24. The fraction of sp³-hybridized carbons (Fsp3) is 0.417. The highest BCUT2D eigenvalue weighted by Crippen LogP contribution is 2.16. The van der Waals surface area contributed by atoms with Crippen molar-refractivity contribution in [3.8, 4) is 0 Å². The van der Waals surface area contributed by atoms with Gasteiger partial charge >= 0.3 is 6.03 Å². The SMILES string of the molecule is CCN(C)C(=O)Nc1ccccc1COC. The number of methoxy groups -OCH3 is 1. The number of hydrogen-bond acceptors (Lipinski definition) is 2. The van der Waals surface area contributed by atoms with Gasteiger partial charge in [-0.25, -0.2) is 4.79 Å². The van der Waals surface area contributed by atoms with Crippen molar-refractivity contribution in [2.75, 3.05) is 26.0 Å². The van der Waals surface area contributed by atoms with Crippen molar-refractivity contribution < 1.29 is 9.53 Å². The van der Waals surface area contributed by atoms with Crippen LogP contribution in [0.2, 0.25) is 0 Å². The molecule has 0 aliphatic heterocycles.